The Morgan fingerprint density at radius 2 is 0.618 bits per heavy atom. The van der Waals surface area contributed by atoms with E-state index in [2.05, 4.69) is 69.4 Å². The van der Waals surface area contributed by atoms with Crippen molar-refractivity contribution in [1.29, 1.82) is 0 Å². The largest absolute Gasteiger partial charge is 0.462 e. The zero-order valence-corrected chi connectivity index (χ0v) is 45.9. The van der Waals surface area contributed by atoms with Crippen LogP contribution < -0.4 is 0 Å². The summed E-state index contributed by atoms with van der Waals surface area (Å²) in [7, 11) is 0. The third kappa shape index (κ3) is 56.4. The van der Waals surface area contributed by atoms with E-state index in [0.29, 0.717) is 19.4 Å². The number of allylic oxidation sites excluding steroid dienone is 8. The fraction of sp³-hybridized carbons (Fsp3) is 0.841. The molecule has 0 aliphatic heterocycles. The lowest BCUT2D eigenvalue weighted by atomic mass is 10.1. The highest BCUT2D eigenvalue weighted by Crippen LogP contribution is 2.16. The molecule has 0 N–H and O–H groups in total. The average molecular weight is 954 g/mol. The minimum atomic E-state index is -0.544. The lowest BCUT2D eigenvalue weighted by Gasteiger charge is -2.18. The molecule has 0 heterocycles. The van der Waals surface area contributed by atoms with Gasteiger partial charge in [0.25, 0.3) is 0 Å². The van der Waals surface area contributed by atoms with Gasteiger partial charge in [-0.15, -0.1) is 0 Å². The molecule has 0 fully saturated rings. The second kappa shape index (κ2) is 59.2. The van der Waals surface area contributed by atoms with Crippen LogP contribution in [0.1, 0.15) is 316 Å². The van der Waals surface area contributed by atoms with Crippen molar-refractivity contribution in [2.45, 2.75) is 322 Å². The molecule has 0 aliphatic carbocycles. The van der Waals surface area contributed by atoms with Gasteiger partial charge in [0.15, 0.2) is 6.10 Å². The first-order valence-corrected chi connectivity index (χ1v) is 30.2. The third-order valence-electron chi connectivity index (χ3n) is 13.3. The van der Waals surface area contributed by atoms with Crippen molar-refractivity contribution in [3.05, 3.63) is 48.6 Å². The van der Waals surface area contributed by atoms with Gasteiger partial charge in [-0.05, 0) is 103 Å². The Bertz CT molecular complexity index is 1120. The molecule has 0 spiro atoms. The maximum atomic E-state index is 12.9. The first kappa shape index (κ1) is 65.9. The van der Waals surface area contributed by atoms with Gasteiger partial charge in [-0.1, -0.05) is 249 Å². The monoisotopic (exact) mass is 953 g/mol. The summed E-state index contributed by atoms with van der Waals surface area (Å²) >= 11 is 0. The number of carbonyl (C=O) groups excluding carboxylic acids is 2. The topological polar surface area (TPSA) is 61.8 Å². The van der Waals surface area contributed by atoms with Crippen molar-refractivity contribution < 1.29 is 23.8 Å². The number of unbranched alkanes of at least 4 members (excludes halogenated alkanes) is 37. The molecule has 0 rings (SSSR count). The SMILES string of the molecule is CCCCC/C=C\C/C=C\CCCCCCCCOCC(COC(=O)CCCCCCCCCCC/C=C\CCCCCCCC)OC(=O)CCCCCCCCC/C=C\CCCCCCCC. The van der Waals surface area contributed by atoms with Crippen molar-refractivity contribution >= 4 is 11.9 Å². The summed E-state index contributed by atoms with van der Waals surface area (Å²) in [4.78, 5) is 25.6. The highest BCUT2D eigenvalue weighted by atomic mass is 16.6. The number of rotatable bonds is 56. The lowest BCUT2D eigenvalue weighted by molar-refractivity contribution is -0.163. The van der Waals surface area contributed by atoms with Crippen LogP contribution in [0.3, 0.4) is 0 Å². The van der Waals surface area contributed by atoms with Crippen LogP contribution >= 0.6 is 0 Å². The predicted octanol–water partition coefficient (Wildman–Crippen LogP) is 20.7. The molecule has 0 radical (unpaired) electrons. The van der Waals surface area contributed by atoms with Gasteiger partial charge in [0.1, 0.15) is 6.61 Å². The Kier molecular flexibility index (Phi) is 57.3. The second-order valence-electron chi connectivity index (χ2n) is 20.2. The molecule has 0 aromatic heterocycles. The van der Waals surface area contributed by atoms with Gasteiger partial charge in [0.05, 0.1) is 6.61 Å². The highest BCUT2D eigenvalue weighted by Gasteiger charge is 2.17. The normalized spacial score (nSPS) is 12.5. The van der Waals surface area contributed by atoms with Gasteiger partial charge in [-0.3, -0.25) is 9.59 Å². The van der Waals surface area contributed by atoms with Crippen molar-refractivity contribution in [2.24, 2.45) is 0 Å². The van der Waals surface area contributed by atoms with Crippen LogP contribution in [0.2, 0.25) is 0 Å². The first-order valence-electron chi connectivity index (χ1n) is 30.2. The van der Waals surface area contributed by atoms with Crippen molar-refractivity contribution in [1.82, 2.24) is 0 Å². The van der Waals surface area contributed by atoms with Crippen molar-refractivity contribution in [3.63, 3.8) is 0 Å². The molecule has 5 nitrogen and oxygen atoms in total. The fourth-order valence-corrected chi connectivity index (χ4v) is 8.77. The molecule has 0 saturated carbocycles. The Hall–Kier alpha value is -2.14. The molecule has 5 heteroatoms. The van der Waals surface area contributed by atoms with Crippen LogP contribution in [0.15, 0.2) is 48.6 Å². The molecule has 1 atom stereocenters. The summed E-state index contributed by atoms with van der Waals surface area (Å²) in [5.41, 5.74) is 0. The molecule has 0 bridgehead atoms. The quantitative estimate of drug-likeness (QED) is 0.0345. The molecule has 0 aliphatic rings. The van der Waals surface area contributed by atoms with Crippen molar-refractivity contribution in [2.75, 3.05) is 19.8 Å². The summed E-state index contributed by atoms with van der Waals surface area (Å²) < 4.78 is 17.5. The number of esters is 2. The van der Waals surface area contributed by atoms with E-state index in [1.807, 2.05) is 0 Å². The number of hydrogen-bond acceptors (Lipinski definition) is 5. The van der Waals surface area contributed by atoms with E-state index in [0.717, 1.165) is 51.4 Å². The van der Waals surface area contributed by atoms with Crippen LogP contribution in [-0.4, -0.2) is 37.9 Å². The Labute approximate surface area is 424 Å². The van der Waals surface area contributed by atoms with Crippen LogP contribution in [-0.2, 0) is 23.8 Å². The molecular weight excluding hydrogens is 837 g/mol. The van der Waals surface area contributed by atoms with Crippen LogP contribution in [0.25, 0.3) is 0 Å². The van der Waals surface area contributed by atoms with Gasteiger partial charge < -0.3 is 14.2 Å². The van der Waals surface area contributed by atoms with Crippen LogP contribution in [0, 0.1) is 0 Å². The fourth-order valence-electron chi connectivity index (χ4n) is 8.77. The minimum Gasteiger partial charge on any atom is -0.462 e. The minimum absolute atomic E-state index is 0.0808. The Morgan fingerprint density at radius 1 is 0.324 bits per heavy atom. The summed E-state index contributed by atoms with van der Waals surface area (Å²) in [5.74, 6) is -0.395. The summed E-state index contributed by atoms with van der Waals surface area (Å²) in [6, 6.07) is 0. The predicted molar refractivity (Wildman–Crippen MR) is 298 cm³/mol. The standard InChI is InChI=1S/C63H116O5/c1-4-7-10-13-16-19-22-25-28-31-32-34-35-38-41-44-47-50-53-56-62(64)67-60-61(59-66-58-55-52-49-46-43-40-37-30-27-24-21-18-15-12-9-6-3)68-63(65)57-54-51-48-45-42-39-36-33-29-26-23-20-17-14-11-8-5-2/h18,21,25-30,61H,4-17,19-20,22-24,31-60H2,1-3H3/b21-18-,28-25-,29-26-,30-27-. The Balaban J connectivity index is 4.27. The van der Waals surface area contributed by atoms with E-state index in [9.17, 15) is 9.59 Å². The van der Waals surface area contributed by atoms with Crippen molar-refractivity contribution in [3.8, 4) is 0 Å². The van der Waals surface area contributed by atoms with Gasteiger partial charge in [0, 0.05) is 19.4 Å². The lowest BCUT2D eigenvalue weighted by Crippen LogP contribution is -2.30. The van der Waals surface area contributed by atoms with E-state index < -0.39 is 6.10 Å². The van der Waals surface area contributed by atoms with E-state index in [4.69, 9.17) is 14.2 Å². The molecule has 0 saturated heterocycles. The van der Waals surface area contributed by atoms with Gasteiger partial charge in [-0.25, -0.2) is 0 Å². The van der Waals surface area contributed by atoms with E-state index in [1.54, 1.807) is 0 Å². The first-order chi connectivity index (χ1) is 33.6. The van der Waals surface area contributed by atoms with Gasteiger partial charge in [0.2, 0.25) is 0 Å². The maximum Gasteiger partial charge on any atom is 0.306 e. The smallest absolute Gasteiger partial charge is 0.306 e. The van der Waals surface area contributed by atoms with Crippen LogP contribution in [0.4, 0.5) is 0 Å². The molecule has 68 heavy (non-hydrogen) atoms. The summed E-state index contributed by atoms with van der Waals surface area (Å²) in [6.45, 7) is 7.82. The van der Waals surface area contributed by atoms with Crippen LogP contribution in [0.5, 0.6) is 0 Å². The zero-order chi connectivity index (χ0) is 49.2. The van der Waals surface area contributed by atoms with E-state index >= 15 is 0 Å². The molecule has 0 aromatic rings. The summed E-state index contributed by atoms with van der Waals surface area (Å²) in [6.07, 6.45) is 74.2. The number of hydrogen-bond donors (Lipinski definition) is 0. The zero-order valence-electron chi connectivity index (χ0n) is 45.9. The number of ether oxygens (including phenoxy) is 3. The van der Waals surface area contributed by atoms with Gasteiger partial charge in [-0.2, -0.15) is 0 Å². The number of carbonyl (C=O) groups is 2. The second-order valence-corrected chi connectivity index (χ2v) is 20.2. The molecule has 398 valence electrons. The van der Waals surface area contributed by atoms with E-state index in [-0.39, 0.29) is 25.2 Å². The molecule has 1 unspecified atom stereocenters. The molecule has 0 amide bonds. The maximum absolute atomic E-state index is 12.9. The third-order valence-corrected chi connectivity index (χ3v) is 13.3. The van der Waals surface area contributed by atoms with Gasteiger partial charge >= 0.3 is 11.9 Å². The Morgan fingerprint density at radius 3 is 1.01 bits per heavy atom. The molecule has 0 aromatic carbocycles. The average Bonchev–Trinajstić information content (AvgIpc) is 3.34. The molecular formula is C63H116O5. The van der Waals surface area contributed by atoms with E-state index in [1.165, 1.54) is 231 Å². The highest BCUT2D eigenvalue weighted by molar-refractivity contribution is 5.70. The summed E-state index contributed by atoms with van der Waals surface area (Å²) in [5, 5.41) is 0.